The van der Waals surface area contributed by atoms with Crippen LogP contribution in [-0.2, 0) is 0 Å². The van der Waals surface area contributed by atoms with Crippen molar-refractivity contribution in [2.75, 3.05) is 6.54 Å². The molecule has 0 bridgehead atoms. The van der Waals surface area contributed by atoms with Crippen molar-refractivity contribution in [2.45, 2.75) is 84.1 Å². The maximum Gasteiger partial charge on any atom is 0.0151 e. The first-order valence-corrected chi connectivity index (χ1v) is 8.06. The molecule has 2 saturated carbocycles. The van der Waals surface area contributed by atoms with Crippen LogP contribution in [0.1, 0.15) is 78.1 Å². The van der Waals surface area contributed by atoms with Gasteiger partial charge in [0.25, 0.3) is 0 Å². The summed E-state index contributed by atoms with van der Waals surface area (Å²) in [6.45, 7) is 5.87. The normalized spacial score (nSPS) is 27.2. The molecule has 0 amide bonds. The van der Waals surface area contributed by atoms with Crippen LogP contribution in [0.15, 0.2) is 0 Å². The summed E-state index contributed by atoms with van der Waals surface area (Å²) in [5.74, 6) is 0.974. The average Bonchev–Trinajstić information content (AvgIpc) is 2.87. The van der Waals surface area contributed by atoms with Gasteiger partial charge in [0.15, 0.2) is 0 Å². The molecule has 1 unspecified atom stereocenters. The number of nitrogens with one attached hydrogen (secondary N) is 1. The second-order valence-electron chi connectivity index (χ2n) is 6.36. The maximum atomic E-state index is 3.89. The number of rotatable bonds is 5. The second kappa shape index (κ2) is 6.22. The van der Waals surface area contributed by atoms with Crippen LogP contribution < -0.4 is 5.32 Å². The fourth-order valence-electron chi connectivity index (χ4n) is 4.53. The van der Waals surface area contributed by atoms with Crippen molar-refractivity contribution < 1.29 is 0 Å². The Morgan fingerprint density at radius 1 is 1.00 bits per heavy atom. The van der Waals surface area contributed by atoms with Crippen LogP contribution in [-0.4, -0.2) is 12.6 Å². The van der Waals surface area contributed by atoms with Crippen LogP contribution >= 0.6 is 0 Å². The van der Waals surface area contributed by atoms with Crippen LogP contribution in [0.3, 0.4) is 0 Å². The van der Waals surface area contributed by atoms with E-state index < -0.39 is 0 Å². The molecule has 17 heavy (non-hydrogen) atoms. The second-order valence-corrected chi connectivity index (χ2v) is 6.36. The Labute approximate surface area is 108 Å². The molecule has 0 saturated heterocycles. The standard InChI is InChI=1S/C16H31N/c1-3-16(12-8-9-13-16)15(17-4-2)14-10-6-5-7-11-14/h14-15,17H,3-13H2,1-2H3. The molecule has 0 aromatic rings. The van der Waals surface area contributed by atoms with Crippen molar-refractivity contribution in [3.63, 3.8) is 0 Å². The zero-order chi connectivity index (χ0) is 12.1. The van der Waals surface area contributed by atoms with Crippen molar-refractivity contribution in [3.8, 4) is 0 Å². The van der Waals surface area contributed by atoms with E-state index in [0.29, 0.717) is 5.41 Å². The van der Waals surface area contributed by atoms with E-state index in [1.807, 2.05) is 0 Å². The third kappa shape index (κ3) is 2.86. The quantitative estimate of drug-likeness (QED) is 0.741. The number of hydrogen-bond acceptors (Lipinski definition) is 1. The van der Waals surface area contributed by atoms with E-state index in [-0.39, 0.29) is 0 Å². The van der Waals surface area contributed by atoms with Crippen LogP contribution in [0.4, 0.5) is 0 Å². The molecule has 2 aliphatic rings. The summed E-state index contributed by atoms with van der Waals surface area (Å²) >= 11 is 0. The summed E-state index contributed by atoms with van der Waals surface area (Å²) in [6.07, 6.45) is 14.7. The molecule has 100 valence electrons. The van der Waals surface area contributed by atoms with Gasteiger partial charge in [-0.15, -0.1) is 0 Å². The lowest BCUT2D eigenvalue weighted by molar-refractivity contribution is 0.111. The van der Waals surface area contributed by atoms with Gasteiger partial charge in [-0.3, -0.25) is 0 Å². The maximum absolute atomic E-state index is 3.89. The third-order valence-electron chi connectivity index (χ3n) is 5.51. The zero-order valence-electron chi connectivity index (χ0n) is 11.9. The molecule has 0 spiro atoms. The molecular weight excluding hydrogens is 206 g/mol. The minimum Gasteiger partial charge on any atom is -0.313 e. The lowest BCUT2D eigenvalue weighted by Crippen LogP contribution is -2.49. The summed E-state index contributed by atoms with van der Waals surface area (Å²) in [7, 11) is 0. The van der Waals surface area contributed by atoms with Gasteiger partial charge in [0.05, 0.1) is 0 Å². The minimum absolute atomic E-state index is 0.651. The van der Waals surface area contributed by atoms with Gasteiger partial charge in [-0.05, 0) is 50.0 Å². The van der Waals surface area contributed by atoms with Gasteiger partial charge < -0.3 is 5.32 Å². The fraction of sp³-hybridized carbons (Fsp3) is 1.00. The highest BCUT2D eigenvalue weighted by Crippen LogP contribution is 2.48. The van der Waals surface area contributed by atoms with Crippen LogP contribution in [0.5, 0.6) is 0 Å². The molecule has 1 heteroatoms. The molecule has 2 aliphatic carbocycles. The van der Waals surface area contributed by atoms with Crippen molar-refractivity contribution >= 4 is 0 Å². The summed E-state index contributed by atoms with van der Waals surface area (Å²) in [4.78, 5) is 0. The highest BCUT2D eigenvalue weighted by Gasteiger charge is 2.42. The monoisotopic (exact) mass is 237 g/mol. The summed E-state index contributed by atoms with van der Waals surface area (Å²) in [6, 6.07) is 0.820. The van der Waals surface area contributed by atoms with Crippen LogP contribution in [0, 0.1) is 11.3 Å². The predicted octanol–water partition coefficient (Wildman–Crippen LogP) is 4.52. The molecule has 0 aliphatic heterocycles. The topological polar surface area (TPSA) is 12.0 Å². The molecule has 1 nitrogen and oxygen atoms in total. The van der Waals surface area contributed by atoms with Gasteiger partial charge in [0.2, 0.25) is 0 Å². The van der Waals surface area contributed by atoms with Gasteiger partial charge in [0, 0.05) is 6.04 Å². The van der Waals surface area contributed by atoms with E-state index in [4.69, 9.17) is 0 Å². The fourth-order valence-corrected chi connectivity index (χ4v) is 4.53. The van der Waals surface area contributed by atoms with E-state index in [0.717, 1.165) is 18.5 Å². The van der Waals surface area contributed by atoms with Crippen LogP contribution in [0.2, 0.25) is 0 Å². The van der Waals surface area contributed by atoms with Gasteiger partial charge in [-0.1, -0.05) is 46.0 Å². The highest BCUT2D eigenvalue weighted by atomic mass is 14.9. The largest absolute Gasteiger partial charge is 0.313 e. The summed E-state index contributed by atoms with van der Waals surface area (Å²) in [5, 5.41) is 3.89. The van der Waals surface area contributed by atoms with Crippen LogP contribution in [0.25, 0.3) is 0 Å². The molecule has 2 fully saturated rings. The van der Waals surface area contributed by atoms with Gasteiger partial charge in [-0.25, -0.2) is 0 Å². The Balaban J connectivity index is 2.08. The van der Waals surface area contributed by atoms with E-state index >= 15 is 0 Å². The van der Waals surface area contributed by atoms with E-state index in [9.17, 15) is 0 Å². The zero-order valence-corrected chi connectivity index (χ0v) is 11.9. The van der Waals surface area contributed by atoms with Crippen molar-refractivity contribution in [3.05, 3.63) is 0 Å². The molecule has 0 heterocycles. The lowest BCUT2D eigenvalue weighted by Gasteiger charge is -2.43. The SMILES string of the molecule is CCNC(C1CCCCC1)C1(CC)CCCC1. The molecule has 0 radical (unpaired) electrons. The van der Waals surface area contributed by atoms with Crippen molar-refractivity contribution in [2.24, 2.45) is 11.3 Å². The first-order chi connectivity index (χ1) is 8.32. The van der Waals surface area contributed by atoms with Crippen molar-refractivity contribution in [1.82, 2.24) is 5.32 Å². The Bertz CT molecular complexity index is 212. The number of hydrogen-bond donors (Lipinski definition) is 1. The molecule has 1 atom stereocenters. The first-order valence-electron chi connectivity index (χ1n) is 8.06. The van der Waals surface area contributed by atoms with Crippen molar-refractivity contribution in [1.29, 1.82) is 0 Å². The molecule has 0 aromatic heterocycles. The van der Waals surface area contributed by atoms with E-state index in [1.54, 1.807) is 0 Å². The first kappa shape index (κ1) is 13.4. The Morgan fingerprint density at radius 3 is 2.18 bits per heavy atom. The highest BCUT2D eigenvalue weighted by molar-refractivity contribution is 4.97. The van der Waals surface area contributed by atoms with E-state index in [1.165, 1.54) is 64.2 Å². The molecule has 1 N–H and O–H groups in total. The molecule has 2 rings (SSSR count). The van der Waals surface area contributed by atoms with Gasteiger partial charge >= 0.3 is 0 Å². The van der Waals surface area contributed by atoms with Gasteiger partial charge in [0.1, 0.15) is 0 Å². The molecule has 0 aromatic carbocycles. The predicted molar refractivity (Wildman–Crippen MR) is 75.2 cm³/mol. The minimum atomic E-state index is 0.651. The third-order valence-corrected chi connectivity index (χ3v) is 5.51. The Kier molecular flexibility index (Phi) is 4.90. The summed E-state index contributed by atoms with van der Waals surface area (Å²) < 4.78 is 0. The Hall–Kier alpha value is -0.0400. The Morgan fingerprint density at radius 2 is 1.65 bits per heavy atom. The lowest BCUT2D eigenvalue weighted by atomic mass is 9.67. The average molecular weight is 237 g/mol. The smallest absolute Gasteiger partial charge is 0.0151 e. The van der Waals surface area contributed by atoms with E-state index in [2.05, 4.69) is 19.2 Å². The molecular formula is C16H31N. The van der Waals surface area contributed by atoms with Gasteiger partial charge in [-0.2, -0.15) is 0 Å². The summed E-state index contributed by atoms with van der Waals surface area (Å²) in [5.41, 5.74) is 0.651.